The maximum Gasteiger partial charge on any atom is 0.273 e. The minimum Gasteiger partial charge on any atom is -0.383 e. The van der Waals surface area contributed by atoms with Crippen molar-refractivity contribution >= 4 is 5.91 Å². The number of rotatable bonds is 4. The molecule has 0 spiro atoms. The average Bonchev–Trinajstić information content (AvgIpc) is 3.26. The monoisotopic (exact) mass is 348 g/mol. The Labute approximate surface area is 152 Å². The van der Waals surface area contributed by atoms with Crippen LogP contribution in [0.3, 0.4) is 0 Å². The van der Waals surface area contributed by atoms with Crippen molar-refractivity contribution in [2.75, 3.05) is 20.3 Å². The highest BCUT2D eigenvalue weighted by atomic mass is 16.5. The zero-order valence-electron chi connectivity index (χ0n) is 14.6. The van der Waals surface area contributed by atoms with Crippen molar-refractivity contribution in [1.82, 2.24) is 15.2 Å². The number of hydrogen-bond acceptors (Lipinski definition) is 5. The average molecular weight is 348 g/mol. The summed E-state index contributed by atoms with van der Waals surface area (Å²) in [7, 11) is 1.69. The fourth-order valence-corrected chi connectivity index (χ4v) is 3.76. The normalized spacial score (nSPS) is 21.7. The van der Waals surface area contributed by atoms with E-state index in [1.165, 1.54) is 0 Å². The van der Waals surface area contributed by atoms with E-state index in [4.69, 9.17) is 10.00 Å². The summed E-state index contributed by atoms with van der Waals surface area (Å²) in [4.78, 5) is 19.4. The summed E-state index contributed by atoms with van der Waals surface area (Å²) in [6.45, 7) is 2.04. The van der Waals surface area contributed by atoms with E-state index >= 15 is 0 Å². The molecule has 0 radical (unpaired) electrons. The van der Waals surface area contributed by atoms with Crippen molar-refractivity contribution < 1.29 is 9.53 Å². The number of fused-ring (bicyclic) bond motifs is 1. The Bertz CT molecular complexity index is 890. The molecule has 2 aliphatic heterocycles. The van der Waals surface area contributed by atoms with Gasteiger partial charge < -0.3 is 15.0 Å². The fourth-order valence-electron chi connectivity index (χ4n) is 3.76. The van der Waals surface area contributed by atoms with Gasteiger partial charge in [0.15, 0.2) is 0 Å². The Hall–Kier alpha value is -2.75. The number of nitrogens with zero attached hydrogens (tertiary/aromatic N) is 3. The number of aromatic nitrogens is 1. The molecule has 1 N–H and O–H groups in total. The highest BCUT2D eigenvalue weighted by molar-refractivity contribution is 5.97. The zero-order chi connectivity index (χ0) is 18.1. The second kappa shape index (κ2) is 6.87. The summed E-state index contributed by atoms with van der Waals surface area (Å²) in [6, 6.07) is 13.8. The predicted molar refractivity (Wildman–Crippen MR) is 96.3 cm³/mol. The lowest BCUT2D eigenvalue weighted by Gasteiger charge is -2.22. The van der Waals surface area contributed by atoms with Crippen LogP contribution < -0.4 is 5.32 Å². The SMILES string of the molecule is COC[C@@H]1C[C@@H](N2Cc3ccc(-c4cccc(C#N)c4)nc3C2=O)CN1. The van der Waals surface area contributed by atoms with Gasteiger partial charge in [-0.05, 0) is 24.6 Å². The number of pyridine rings is 1. The van der Waals surface area contributed by atoms with Crippen LogP contribution in [0.2, 0.25) is 0 Å². The first-order valence-electron chi connectivity index (χ1n) is 8.73. The fraction of sp³-hybridized carbons (Fsp3) is 0.350. The number of carbonyl (C=O) groups excluding carboxylic acids is 1. The van der Waals surface area contributed by atoms with Crippen LogP contribution in [0.4, 0.5) is 0 Å². The van der Waals surface area contributed by atoms with E-state index in [0.717, 1.165) is 29.8 Å². The quantitative estimate of drug-likeness (QED) is 0.914. The zero-order valence-corrected chi connectivity index (χ0v) is 14.6. The lowest BCUT2D eigenvalue weighted by molar-refractivity contribution is 0.0707. The van der Waals surface area contributed by atoms with Gasteiger partial charge in [-0.3, -0.25) is 4.79 Å². The van der Waals surface area contributed by atoms with Gasteiger partial charge in [-0.25, -0.2) is 4.98 Å². The Balaban J connectivity index is 1.57. The molecule has 1 saturated heterocycles. The van der Waals surface area contributed by atoms with Gasteiger partial charge in [0.2, 0.25) is 0 Å². The molecule has 6 heteroatoms. The summed E-state index contributed by atoms with van der Waals surface area (Å²) >= 11 is 0. The molecule has 1 amide bonds. The summed E-state index contributed by atoms with van der Waals surface area (Å²) < 4.78 is 5.21. The van der Waals surface area contributed by atoms with E-state index in [1.807, 2.05) is 29.2 Å². The van der Waals surface area contributed by atoms with Gasteiger partial charge in [-0.15, -0.1) is 0 Å². The van der Waals surface area contributed by atoms with E-state index < -0.39 is 0 Å². The number of carbonyl (C=O) groups is 1. The van der Waals surface area contributed by atoms with Gasteiger partial charge in [0.25, 0.3) is 5.91 Å². The molecule has 4 rings (SSSR count). The maximum atomic E-state index is 12.9. The van der Waals surface area contributed by atoms with Gasteiger partial charge in [0, 0.05) is 43.4 Å². The van der Waals surface area contributed by atoms with Crippen LogP contribution in [-0.4, -0.2) is 48.1 Å². The van der Waals surface area contributed by atoms with E-state index in [2.05, 4.69) is 16.4 Å². The number of ether oxygens (including phenoxy) is 1. The van der Waals surface area contributed by atoms with Crippen LogP contribution in [0.15, 0.2) is 36.4 Å². The lowest BCUT2D eigenvalue weighted by atomic mass is 10.1. The van der Waals surface area contributed by atoms with Crippen LogP contribution in [0.1, 0.15) is 28.0 Å². The molecule has 1 fully saturated rings. The third-order valence-corrected chi connectivity index (χ3v) is 5.08. The molecule has 2 aromatic rings. The highest BCUT2D eigenvalue weighted by Crippen LogP contribution is 2.29. The Morgan fingerprint density at radius 2 is 2.27 bits per heavy atom. The van der Waals surface area contributed by atoms with Gasteiger partial charge >= 0.3 is 0 Å². The van der Waals surface area contributed by atoms with Crippen LogP contribution >= 0.6 is 0 Å². The number of benzene rings is 1. The lowest BCUT2D eigenvalue weighted by Crippen LogP contribution is -2.37. The summed E-state index contributed by atoms with van der Waals surface area (Å²) in [5.41, 5.74) is 3.64. The third kappa shape index (κ3) is 2.96. The van der Waals surface area contributed by atoms with Crippen LogP contribution in [0.5, 0.6) is 0 Å². The van der Waals surface area contributed by atoms with Crippen LogP contribution in [0.25, 0.3) is 11.3 Å². The van der Waals surface area contributed by atoms with Gasteiger partial charge in [-0.1, -0.05) is 18.2 Å². The first kappa shape index (κ1) is 16.7. The second-order valence-electron chi connectivity index (χ2n) is 6.78. The molecule has 1 aromatic carbocycles. The van der Waals surface area contributed by atoms with Crippen molar-refractivity contribution in [3.63, 3.8) is 0 Å². The Morgan fingerprint density at radius 3 is 3.08 bits per heavy atom. The third-order valence-electron chi connectivity index (χ3n) is 5.08. The number of amides is 1. The number of hydrogen-bond donors (Lipinski definition) is 1. The highest BCUT2D eigenvalue weighted by Gasteiger charge is 2.37. The standard InChI is InChI=1S/C20H20N4O2/c1-26-12-16-8-17(10-22-16)24-11-15-5-6-18(23-19(15)20(24)25)14-4-2-3-13(7-14)9-21/h2-7,16-17,22H,8,10-12H2,1H3/t16-,17+/m0/s1. The molecule has 3 heterocycles. The molecule has 1 aromatic heterocycles. The number of nitrogens with one attached hydrogen (secondary N) is 1. The second-order valence-corrected chi connectivity index (χ2v) is 6.78. The van der Waals surface area contributed by atoms with Gasteiger partial charge in [-0.2, -0.15) is 5.26 Å². The van der Waals surface area contributed by atoms with Crippen molar-refractivity contribution in [3.8, 4) is 17.3 Å². The smallest absolute Gasteiger partial charge is 0.273 e. The first-order valence-corrected chi connectivity index (χ1v) is 8.73. The van der Waals surface area contributed by atoms with E-state index in [9.17, 15) is 4.79 Å². The summed E-state index contributed by atoms with van der Waals surface area (Å²) in [5, 5.41) is 12.5. The maximum absolute atomic E-state index is 12.9. The van der Waals surface area contributed by atoms with E-state index in [0.29, 0.717) is 30.5 Å². The van der Waals surface area contributed by atoms with Crippen LogP contribution in [0, 0.1) is 11.3 Å². The predicted octanol–water partition coefficient (Wildman–Crippen LogP) is 1.95. The number of methoxy groups -OCH3 is 1. The molecule has 2 atom stereocenters. The molecule has 0 saturated carbocycles. The van der Waals surface area contributed by atoms with Crippen molar-refractivity contribution in [3.05, 3.63) is 53.2 Å². The van der Waals surface area contributed by atoms with Crippen molar-refractivity contribution in [2.24, 2.45) is 0 Å². The van der Waals surface area contributed by atoms with Gasteiger partial charge in [0.05, 0.1) is 23.9 Å². The first-order chi connectivity index (χ1) is 12.7. The Kier molecular flexibility index (Phi) is 4.41. The number of nitriles is 1. The molecule has 0 aliphatic carbocycles. The Morgan fingerprint density at radius 1 is 1.38 bits per heavy atom. The molecule has 2 aliphatic rings. The molecule has 132 valence electrons. The molecule has 26 heavy (non-hydrogen) atoms. The molecular formula is C20H20N4O2. The summed E-state index contributed by atoms with van der Waals surface area (Å²) in [5.74, 6) is -0.0110. The van der Waals surface area contributed by atoms with Crippen LogP contribution in [-0.2, 0) is 11.3 Å². The van der Waals surface area contributed by atoms with Crippen molar-refractivity contribution in [1.29, 1.82) is 5.26 Å². The topological polar surface area (TPSA) is 78.2 Å². The minimum absolute atomic E-state index is 0.0110. The van der Waals surface area contributed by atoms with E-state index in [-0.39, 0.29) is 11.9 Å². The van der Waals surface area contributed by atoms with Crippen molar-refractivity contribution in [2.45, 2.75) is 25.0 Å². The minimum atomic E-state index is -0.0110. The molecule has 0 bridgehead atoms. The van der Waals surface area contributed by atoms with E-state index in [1.54, 1.807) is 19.2 Å². The van der Waals surface area contributed by atoms with Gasteiger partial charge in [0.1, 0.15) is 5.69 Å². The summed E-state index contributed by atoms with van der Waals surface area (Å²) in [6.07, 6.45) is 0.893. The molecule has 0 unspecified atom stereocenters. The molecule has 6 nitrogen and oxygen atoms in total. The molecular weight excluding hydrogens is 328 g/mol. The largest absolute Gasteiger partial charge is 0.383 e.